The first-order chi connectivity index (χ1) is 15.7. The summed E-state index contributed by atoms with van der Waals surface area (Å²) < 4.78 is 5.18. The standard InChI is InChI=1S/C28H29NO4/c1-28(2,3)22-13-11-19(12-14-22)24-23(26(31)27(32)29(24)15-16-33-4)25(30)21-10-9-18-7-5-6-8-20(18)17-21/h5-14,17,24,30H,15-16H2,1-4H3/b25-23-. The fourth-order valence-corrected chi connectivity index (χ4v) is 4.30. The van der Waals surface area contributed by atoms with E-state index in [9.17, 15) is 14.7 Å². The lowest BCUT2D eigenvalue weighted by Gasteiger charge is -2.26. The number of fused-ring (bicyclic) bond motifs is 1. The second kappa shape index (κ2) is 8.83. The molecule has 4 rings (SSSR count). The molecule has 1 amide bonds. The molecule has 1 heterocycles. The smallest absolute Gasteiger partial charge is 0.295 e. The highest BCUT2D eigenvalue weighted by Crippen LogP contribution is 2.40. The third-order valence-corrected chi connectivity index (χ3v) is 6.19. The topological polar surface area (TPSA) is 66.8 Å². The van der Waals surface area contributed by atoms with Crippen LogP contribution in [0.1, 0.15) is 43.5 Å². The Kier molecular flexibility index (Phi) is 6.09. The molecule has 5 nitrogen and oxygen atoms in total. The first-order valence-electron chi connectivity index (χ1n) is 11.1. The van der Waals surface area contributed by atoms with Crippen molar-refractivity contribution >= 4 is 28.2 Å². The lowest BCUT2D eigenvalue weighted by atomic mass is 9.85. The number of hydrogen-bond donors (Lipinski definition) is 1. The lowest BCUT2D eigenvalue weighted by molar-refractivity contribution is -0.140. The van der Waals surface area contributed by atoms with Crippen molar-refractivity contribution in [3.63, 3.8) is 0 Å². The van der Waals surface area contributed by atoms with Crippen LogP contribution >= 0.6 is 0 Å². The fraction of sp³-hybridized carbons (Fsp3) is 0.286. The van der Waals surface area contributed by atoms with E-state index in [2.05, 4.69) is 20.8 Å². The number of aliphatic hydroxyl groups is 1. The van der Waals surface area contributed by atoms with Gasteiger partial charge in [-0.1, -0.05) is 81.4 Å². The molecule has 1 atom stereocenters. The molecule has 0 radical (unpaired) electrons. The van der Waals surface area contributed by atoms with Crippen LogP contribution in [0.15, 0.2) is 72.3 Å². The fourth-order valence-electron chi connectivity index (χ4n) is 4.30. The molecule has 3 aromatic rings. The van der Waals surface area contributed by atoms with Crippen molar-refractivity contribution in [1.29, 1.82) is 0 Å². The Morgan fingerprint density at radius 1 is 0.970 bits per heavy atom. The van der Waals surface area contributed by atoms with Gasteiger partial charge in [0, 0.05) is 19.2 Å². The van der Waals surface area contributed by atoms with E-state index in [1.54, 1.807) is 13.2 Å². The van der Waals surface area contributed by atoms with Crippen molar-refractivity contribution in [3.8, 4) is 0 Å². The molecule has 1 saturated heterocycles. The van der Waals surface area contributed by atoms with Crippen molar-refractivity contribution in [1.82, 2.24) is 4.90 Å². The van der Waals surface area contributed by atoms with Gasteiger partial charge in [0.2, 0.25) is 0 Å². The van der Waals surface area contributed by atoms with Gasteiger partial charge in [-0.05, 0) is 33.4 Å². The van der Waals surface area contributed by atoms with Crippen molar-refractivity contribution in [3.05, 3.63) is 89.0 Å². The summed E-state index contributed by atoms with van der Waals surface area (Å²) in [6.45, 7) is 6.94. The number of aliphatic hydroxyl groups excluding tert-OH is 1. The van der Waals surface area contributed by atoms with Crippen LogP contribution in [0.4, 0.5) is 0 Å². The highest BCUT2D eigenvalue weighted by molar-refractivity contribution is 6.46. The van der Waals surface area contributed by atoms with E-state index in [4.69, 9.17) is 4.74 Å². The number of ketones is 1. The molecule has 1 aliphatic rings. The highest BCUT2D eigenvalue weighted by atomic mass is 16.5. The second-order valence-electron chi connectivity index (χ2n) is 9.42. The van der Waals surface area contributed by atoms with E-state index in [0.29, 0.717) is 12.2 Å². The van der Waals surface area contributed by atoms with Gasteiger partial charge in [0.05, 0.1) is 18.2 Å². The molecule has 3 aromatic carbocycles. The third-order valence-electron chi connectivity index (χ3n) is 6.19. The largest absolute Gasteiger partial charge is 0.507 e. The molecule has 1 aliphatic heterocycles. The normalized spacial score (nSPS) is 18.3. The average molecular weight is 444 g/mol. The van der Waals surface area contributed by atoms with Gasteiger partial charge in [-0.3, -0.25) is 9.59 Å². The maximum Gasteiger partial charge on any atom is 0.295 e. The maximum atomic E-state index is 13.1. The molecular formula is C28H29NO4. The van der Waals surface area contributed by atoms with E-state index in [1.807, 2.05) is 60.7 Å². The van der Waals surface area contributed by atoms with E-state index >= 15 is 0 Å². The quantitative estimate of drug-likeness (QED) is 0.334. The molecular weight excluding hydrogens is 414 g/mol. The van der Waals surface area contributed by atoms with Gasteiger partial charge in [0.1, 0.15) is 5.76 Å². The molecule has 0 saturated carbocycles. The SMILES string of the molecule is COCCN1C(=O)C(=O)/C(=C(\O)c2ccc3ccccc3c2)C1c1ccc(C(C)(C)C)cc1. The number of likely N-dealkylation sites (tertiary alicyclic amines) is 1. The molecule has 0 aliphatic carbocycles. The number of hydrogen-bond acceptors (Lipinski definition) is 4. The molecule has 0 bridgehead atoms. The molecule has 1 N–H and O–H groups in total. The van der Waals surface area contributed by atoms with Crippen LogP contribution in [0.3, 0.4) is 0 Å². The van der Waals surface area contributed by atoms with Gasteiger partial charge in [0.15, 0.2) is 0 Å². The minimum atomic E-state index is -0.680. The number of methoxy groups -OCH3 is 1. The summed E-state index contributed by atoms with van der Waals surface area (Å²) >= 11 is 0. The minimum Gasteiger partial charge on any atom is -0.507 e. The number of Topliss-reactive ketones (excluding diaryl/α,β-unsaturated/α-hetero) is 1. The second-order valence-corrected chi connectivity index (χ2v) is 9.42. The molecule has 0 spiro atoms. The van der Waals surface area contributed by atoms with Crippen molar-refractivity contribution < 1.29 is 19.4 Å². The average Bonchev–Trinajstić information content (AvgIpc) is 3.06. The van der Waals surface area contributed by atoms with E-state index < -0.39 is 17.7 Å². The zero-order valence-electron chi connectivity index (χ0n) is 19.5. The number of benzene rings is 3. The van der Waals surface area contributed by atoms with Crippen LogP contribution in [0.25, 0.3) is 16.5 Å². The molecule has 1 unspecified atom stereocenters. The minimum absolute atomic E-state index is 0.0263. The van der Waals surface area contributed by atoms with Crippen molar-refractivity contribution in [2.24, 2.45) is 0 Å². The Morgan fingerprint density at radius 2 is 1.64 bits per heavy atom. The lowest BCUT2D eigenvalue weighted by Crippen LogP contribution is -2.32. The Hall–Kier alpha value is -3.44. The highest BCUT2D eigenvalue weighted by Gasteiger charge is 2.45. The number of carbonyl (C=O) groups excluding carboxylic acids is 2. The summed E-state index contributed by atoms with van der Waals surface area (Å²) in [6, 6.07) is 20.5. The summed E-state index contributed by atoms with van der Waals surface area (Å²) in [7, 11) is 1.55. The molecule has 1 fully saturated rings. The van der Waals surface area contributed by atoms with Crippen LogP contribution in [-0.2, 0) is 19.7 Å². The monoisotopic (exact) mass is 443 g/mol. The predicted octanol–water partition coefficient (Wildman–Crippen LogP) is 5.21. The van der Waals surface area contributed by atoms with Crippen LogP contribution in [0.2, 0.25) is 0 Å². The summed E-state index contributed by atoms with van der Waals surface area (Å²) in [4.78, 5) is 27.6. The third kappa shape index (κ3) is 4.29. The van der Waals surface area contributed by atoms with Gasteiger partial charge in [-0.15, -0.1) is 0 Å². The van der Waals surface area contributed by atoms with E-state index in [0.717, 1.165) is 21.9 Å². The van der Waals surface area contributed by atoms with Crippen LogP contribution in [0, 0.1) is 0 Å². The van der Waals surface area contributed by atoms with Gasteiger partial charge >= 0.3 is 0 Å². The first-order valence-corrected chi connectivity index (χ1v) is 11.1. The van der Waals surface area contributed by atoms with Crippen molar-refractivity contribution in [2.45, 2.75) is 32.2 Å². The number of nitrogens with zero attached hydrogens (tertiary/aromatic N) is 1. The summed E-state index contributed by atoms with van der Waals surface area (Å²) in [5.41, 5.74) is 2.52. The van der Waals surface area contributed by atoms with Crippen LogP contribution < -0.4 is 0 Å². The predicted molar refractivity (Wildman–Crippen MR) is 130 cm³/mol. The number of amides is 1. The van der Waals surface area contributed by atoms with Crippen molar-refractivity contribution in [2.75, 3.05) is 20.3 Å². The molecule has 5 heteroatoms. The Bertz CT molecular complexity index is 1230. The number of ether oxygens (including phenoxy) is 1. The zero-order valence-corrected chi connectivity index (χ0v) is 19.5. The number of rotatable bonds is 5. The van der Waals surface area contributed by atoms with E-state index in [1.165, 1.54) is 4.90 Å². The molecule has 33 heavy (non-hydrogen) atoms. The van der Waals surface area contributed by atoms with Crippen LogP contribution in [-0.4, -0.2) is 42.0 Å². The van der Waals surface area contributed by atoms with Gasteiger partial charge in [-0.25, -0.2) is 0 Å². The Balaban J connectivity index is 1.85. The number of carbonyl (C=O) groups is 2. The zero-order chi connectivity index (χ0) is 23.8. The maximum absolute atomic E-state index is 13.1. The van der Waals surface area contributed by atoms with Crippen LogP contribution in [0.5, 0.6) is 0 Å². The molecule has 170 valence electrons. The van der Waals surface area contributed by atoms with Gasteiger partial charge in [0.25, 0.3) is 11.7 Å². The van der Waals surface area contributed by atoms with E-state index in [-0.39, 0.29) is 23.3 Å². The summed E-state index contributed by atoms with van der Waals surface area (Å²) in [5.74, 6) is -1.47. The Labute approximate surface area is 194 Å². The summed E-state index contributed by atoms with van der Waals surface area (Å²) in [6.07, 6.45) is 0. The van der Waals surface area contributed by atoms with Gasteiger partial charge in [-0.2, -0.15) is 0 Å². The first kappa shape index (κ1) is 22.7. The molecule has 0 aromatic heterocycles. The Morgan fingerprint density at radius 3 is 2.27 bits per heavy atom. The summed E-state index contributed by atoms with van der Waals surface area (Å²) in [5, 5.41) is 13.3. The van der Waals surface area contributed by atoms with Gasteiger partial charge < -0.3 is 14.7 Å².